The van der Waals surface area contributed by atoms with Gasteiger partial charge in [-0.1, -0.05) is 41.5 Å². The molecule has 0 amide bonds. The predicted octanol–water partition coefficient (Wildman–Crippen LogP) is 7.20. The van der Waals surface area contributed by atoms with Crippen LogP contribution in [0.4, 0.5) is 0 Å². The summed E-state index contributed by atoms with van der Waals surface area (Å²) in [4.78, 5) is 5.02. The average Bonchev–Trinajstić information content (AvgIpc) is 2.41. The van der Waals surface area contributed by atoms with E-state index in [1.807, 2.05) is 0 Å². The molecule has 0 aromatic carbocycles. The monoisotopic (exact) mass is 585 g/mol. The molecule has 0 saturated carbocycles. The molecule has 25 heavy (non-hydrogen) atoms. The van der Waals surface area contributed by atoms with Gasteiger partial charge in [0.05, 0.1) is 5.60 Å². The Bertz CT molecular complexity index is 679. The van der Waals surface area contributed by atoms with Crippen molar-refractivity contribution in [3.8, 4) is 0 Å². The summed E-state index contributed by atoms with van der Waals surface area (Å²) in [6.45, 7) is 21.0. The minimum atomic E-state index is -1.90. The molecule has 0 N–H and O–H groups in total. The van der Waals surface area contributed by atoms with Crippen LogP contribution in [-0.2, 0) is 16.4 Å². The summed E-state index contributed by atoms with van der Waals surface area (Å²) >= 11 is 4.92. The average molecular weight is 585 g/mol. The van der Waals surface area contributed by atoms with Gasteiger partial charge >= 0.3 is 0 Å². The van der Waals surface area contributed by atoms with Crippen LogP contribution >= 0.6 is 45.2 Å². The van der Waals surface area contributed by atoms with Crippen LogP contribution in [0.1, 0.15) is 71.2 Å². The van der Waals surface area contributed by atoms with Crippen molar-refractivity contribution < 1.29 is 4.43 Å². The first-order valence-corrected chi connectivity index (χ1v) is 14.3. The van der Waals surface area contributed by atoms with Gasteiger partial charge in [0, 0.05) is 14.8 Å². The third kappa shape index (κ3) is 4.14. The number of nitrogens with zero attached hydrogens (tertiary/aromatic N) is 1. The standard InChI is InChI=1S/C20H33I2NOSi/c1-10-20(24-25(8,9)18(3,4)5)12-19(6,7)11-14-15(20)16(21)13(2)17(22)23-14/h10-12H2,1-9H3/t20-/m0/s1. The lowest BCUT2D eigenvalue weighted by atomic mass is 9.67. The smallest absolute Gasteiger partial charge is 0.193 e. The summed E-state index contributed by atoms with van der Waals surface area (Å²) in [5.41, 5.74) is 3.95. The molecule has 1 heterocycles. The second-order valence-corrected chi connectivity index (χ2v) is 16.7. The molecule has 0 spiro atoms. The number of rotatable bonds is 3. The van der Waals surface area contributed by atoms with Gasteiger partial charge in [-0.25, -0.2) is 4.98 Å². The number of aromatic nitrogens is 1. The first-order valence-electron chi connectivity index (χ1n) is 9.21. The van der Waals surface area contributed by atoms with Gasteiger partial charge in [-0.2, -0.15) is 0 Å². The van der Waals surface area contributed by atoms with E-state index < -0.39 is 8.32 Å². The van der Waals surface area contributed by atoms with Crippen molar-refractivity contribution in [2.75, 3.05) is 0 Å². The zero-order chi connectivity index (χ0) is 19.4. The Kier molecular flexibility index (Phi) is 6.18. The Morgan fingerprint density at radius 1 is 1.20 bits per heavy atom. The molecule has 0 saturated heterocycles. The first kappa shape index (κ1) is 22.1. The van der Waals surface area contributed by atoms with E-state index in [0.29, 0.717) is 0 Å². The van der Waals surface area contributed by atoms with Crippen LogP contribution in [0.5, 0.6) is 0 Å². The normalized spacial score (nSPS) is 23.5. The predicted molar refractivity (Wildman–Crippen MR) is 127 cm³/mol. The molecule has 0 unspecified atom stereocenters. The highest BCUT2D eigenvalue weighted by Crippen LogP contribution is 2.53. The Hall–Kier alpha value is 0.787. The van der Waals surface area contributed by atoms with Crippen molar-refractivity contribution in [3.05, 3.63) is 24.1 Å². The lowest BCUT2D eigenvalue weighted by molar-refractivity contribution is -0.0115. The number of fused-ring (bicyclic) bond motifs is 1. The van der Waals surface area contributed by atoms with Crippen LogP contribution in [0.15, 0.2) is 0 Å². The van der Waals surface area contributed by atoms with E-state index in [-0.39, 0.29) is 16.1 Å². The number of hydrogen-bond donors (Lipinski definition) is 0. The summed E-state index contributed by atoms with van der Waals surface area (Å²) in [5.74, 6) is 0. The van der Waals surface area contributed by atoms with Crippen molar-refractivity contribution in [2.45, 2.75) is 91.5 Å². The van der Waals surface area contributed by atoms with Crippen molar-refractivity contribution >= 4 is 53.5 Å². The molecule has 1 aliphatic carbocycles. The van der Waals surface area contributed by atoms with E-state index in [9.17, 15) is 0 Å². The maximum Gasteiger partial charge on any atom is 0.193 e. The third-order valence-electron chi connectivity index (χ3n) is 6.07. The van der Waals surface area contributed by atoms with Crippen molar-refractivity contribution in [1.82, 2.24) is 4.98 Å². The lowest BCUT2D eigenvalue weighted by Crippen LogP contribution is -2.52. The van der Waals surface area contributed by atoms with E-state index in [1.54, 1.807) is 0 Å². The van der Waals surface area contributed by atoms with Gasteiger partial charge in [-0.15, -0.1) is 0 Å². The quantitative estimate of drug-likeness (QED) is 0.213. The molecule has 1 atom stereocenters. The lowest BCUT2D eigenvalue weighted by Gasteiger charge is -2.51. The topological polar surface area (TPSA) is 22.1 Å². The van der Waals surface area contributed by atoms with Crippen LogP contribution in [-0.4, -0.2) is 13.3 Å². The van der Waals surface area contributed by atoms with Crippen molar-refractivity contribution in [2.24, 2.45) is 5.41 Å². The van der Waals surface area contributed by atoms with Gasteiger partial charge in [-0.05, 0) is 100 Å². The number of hydrogen-bond acceptors (Lipinski definition) is 2. The molecule has 0 fully saturated rings. The number of halogens is 2. The van der Waals surface area contributed by atoms with E-state index in [0.717, 1.165) is 23.0 Å². The van der Waals surface area contributed by atoms with Crippen molar-refractivity contribution in [3.63, 3.8) is 0 Å². The molecule has 5 heteroatoms. The minimum absolute atomic E-state index is 0.202. The molecule has 1 aliphatic rings. The minimum Gasteiger partial charge on any atom is -0.407 e. The second kappa shape index (κ2) is 6.99. The Morgan fingerprint density at radius 2 is 1.76 bits per heavy atom. The summed E-state index contributed by atoms with van der Waals surface area (Å²) < 4.78 is 9.71. The zero-order valence-electron chi connectivity index (χ0n) is 17.2. The summed E-state index contributed by atoms with van der Waals surface area (Å²) in [6.07, 6.45) is 3.12. The molecule has 0 bridgehead atoms. The maximum absolute atomic E-state index is 7.21. The fourth-order valence-corrected chi connectivity index (χ4v) is 7.47. The molecule has 142 valence electrons. The number of pyridine rings is 1. The van der Waals surface area contributed by atoms with Gasteiger partial charge in [0.2, 0.25) is 0 Å². The highest BCUT2D eigenvalue weighted by molar-refractivity contribution is 14.1. The third-order valence-corrected chi connectivity index (χ3v) is 13.0. The van der Waals surface area contributed by atoms with Crippen LogP contribution in [0, 0.1) is 19.6 Å². The Balaban J connectivity index is 2.72. The largest absolute Gasteiger partial charge is 0.407 e. The van der Waals surface area contributed by atoms with E-state index in [1.165, 1.54) is 20.4 Å². The first-order chi connectivity index (χ1) is 11.2. The molecule has 1 aromatic rings. The van der Waals surface area contributed by atoms with Gasteiger partial charge < -0.3 is 4.43 Å². The maximum atomic E-state index is 7.21. The van der Waals surface area contributed by atoms with Crippen LogP contribution in [0.2, 0.25) is 18.1 Å². The van der Waals surface area contributed by atoms with Crippen LogP contribution in [0.3, 0.4) is 0 Å². The van der Waals surface area contributed by atoms with Crippen LogP contribution < -0.4 is 0 Å². The fourth-order valence-electron chi connectivity index (χ4n) is 3.73. The van der Waals surface area contributed by atoms with Gasteiger partial charge in [0.25, 0.3) is 0 Å². The van der Waals surface area contributed by atoms with E-state index in [2.05, 4.69) is 107 Å². The van der Waals surface area contributed by atoms with Crippen LogP contribution in [0.25, 0.3) is 0 Å². The fraction of sp³-hybridized carbons (Fsp3) is 0.750. The Morgan fingerprint density at radius 3 is 2.24 bits per heavy atom. The summed E-state index contributed by atoms with van der Waals surface area (Å²) in [6, 6.07) is 0. The van der Waals surface area contributed by atoms with E-state index in [4.69, 9.17) is 9.41 Å². The molecular formula is C20H33I2NOSi. The van der Waals surface area contributed by atoms with Crippen molar-refractivity contribution in [1.29, 1.82) is 0 Å². The van der Waals surface area contributed by atoms with Gasteiger partial charge in [0.15, 0.2) is 8.32 Å². The summed E-state index contributed by atoms with van der Waals surface area (Å²) in [5, 5.41) is 0.202. The van der Waals surface area contributed by atoms with Gasteiger partial charge in [0.1, 0.15) is 3.70 Å². The molecular weight excluding hydrogens is 552 g/mol. The Labute approximate surface area is 182 Å². The molecule has 0 radical (unpaired) electrons. The van der Waals surface area contributed by atoms with Gasteiger partial charge in [-0.3, -0.25) is 0 Å². The highest BCUT2D eigenvalue weighted by atomic mass is 127. The summed E-state index contributed by atoms with van der Waals surface area (Å²) in [7, 11) is -1.90. The van der Waals surface area contributed by atoms with E-state index >= 15 is 0 Å². The zero-order valence-corrected chi connectivity index (χ0v) is 22.5. The molecule has 2 rings (SSSR count). The molecule has 0 aliphatic heterocycles. The molecule has 2 nitrogen and oxygen atoms in total. The highest BCUT2D eigenvalue weighted by Gasteiger charge is 2.51. The second-order valence-electron chi connectivity index (χ2n) is 9.89. The SMILES string of the molecule is CC[C@]1(O[Si](C)(C)C(C)(C)C)CC(C)(C)Cc2nc(I)c(C)c(I)c21. The molecule has 1 aromatic heterocycles.